The Morgan fingerprint density at radius 1 is 1.24 bits per heavy atom. The first-order valence-electron chi connectivity index (χ1n) is 9.02. The largest absolute Gasteiger partial charge is 0.371 e. The number of rotatable bonds is 5. The molecule has 0 radical (unpaired) electrons. The van der Waals surface area contributed by atoms with E-state index in [4.69, 9.17) is 0 Å². The van der Waals surface area contributed by atoms with Crippen LogP contribution in [0.15, 0.2) is 42.6 Å². The van der Waals surface area contributed by atoms with E-state index in [-0.39, 0.29) is 42.5 Å². The second kappa shape index (κ2) is 11.5. The zero-order chi connectivity index (χ0) is 19.2. The molecule has 2 aromatic rings. The summed E-state index contributed by atoms with van der Waals surface area (Å²) in [5.74, 6) is -0.175. The third-order valence-corrected chi connectivity index (χ3v) is 4.57. The number of benzene rings is 1. The maximum absolute atomic E-state index is 12.7. The Hall–Kier alpha value is -2.42. The second-order valence-electron chi connectivity index (χ2n) is 6.51. The standard InChI is InChI=1S/C19H23N5O3.2ClH/c1-14(16-5-2-3-9-21-16)22-17-7-6-15(13-18(17)24(26)27)19(25)23-11-4-8-20-10-12-23;;/h2-3,5-7,9,13-14,20,22H,4,8,10-12H2,1H3;2*1H. The van der Waals surface area contributed by atoms with Crippen molar-refractivity contribution in [3.05, 3.63) is 64.0 Å². The molecule has 0 saturated carbocycles. The Morgan fingerprint density at radius 3 is 2.72 bits per heavy atom. The molecule has 0 bridgehead atoms. The molecule has 1 aromatic carbocycles. The van der Waals surface area contributed by atoms with Gasteiger partial charge in [0.05, 0.1) is 16.7 Å². The van der Waals surface area contributed by atoms with Crippen molar-refractivity contribution < 1.29 is 9.72 Å². The highest BCUT2D eigenvalue weighted by Gasteiger charge is 2.23. The van der Waals surface area contributed by atoms with E-state index in [0.29, 0.717) is 24.3 Å². The number of nitro benzene ring substituents is 1. The van der Waals surface area contributed by atoms with E-state index in [1.54, 1.807) is 23.2 Å². The fraction of sp³-hybridized carbons (Fsp3) is 0.368. The van der Waals surface area contributed by atoms with Crippen molar-refractivity contribution in [3.8, 4) is 0 Å². The Bertz CT molecular complexity index is 815. The maximum atomic E-state index is 12.7. The van der Waals surface area contributed by atoms with Crippen LogP contribution in [0.5, 0.6) is 0 Å². The predicted octanol–water partition coefficient (Wildman–Crippen LogP) is 3.44. The Kier molecular flexibility index (Phi) is 9.80. The van der Waals surface area contributed by atoms with Crippen LogP contribution in [-0.4, -0.2) is 46.9 Å². The van der Waals surface area contributed by atoms with Gasteiger partial charge in [0, 0.05) is 37.5 Å². The van der Waals surface area contributed by atoms with Crippen LogP contribution in [0.25, 0.3) is 0 Å². The van der Waals surface area contributed by atoms with Crippen molar-refractivity contribution in [1.29, 1.82) is 0 Å². The molecule has 3 rings (SSSR count). The average molecular weight is 442 g/mol. The number of nitro groups is 1. The minimum absolute atomic E-state index is 0. The van der Waals surface area contributed by atoms with Gasteiger partial charge in [-0.25, -0.2) is 0 Å². The van der Waals surface area contributed by atoms with Gasteiger partial charge in [-0.05, 0) is 44.2 Å². The molecule has 2 heterocycles. The van der Waals surface area contributed by atoms with E-state index >= 15 is 0 Å². The first kappa shape index (κ1) is 24.6. The summed E-state index contributed by atoms with van der Waals surface area (Å²) in [4.78, 5) is 29.8. The summed E-state index contributed by atoms with van der Waals surface area (Å²) in [6, 6.07) is 9.93. The number of aromatic nitrogens is 1. The van der Waals surface area contributed by atoms with Gasteiger partial charge in [-0.3, -0.25) is 19.9 Å². The highest BCUT2D eigenvalue weighted by Crippen LogP contribution is 2.29. The molecule has 8 nitrogen and oxygen atoms in total. The van der Waals surface area contributed by atoms with E-state index < -0.39 is 4.92 Å². The summed E-state index contributed by atoms with van der Waals surface area (Å²) in [6.07, 6.45) is 2.55. The lowest BCUT2D eigenvalue weighted by Crippen LogP contribution is -2.34. The Morgan fingerprint density at radius 2 is 2.03 bits per heavy atom. The van der Waals surface area contributed by atoms with Crippen molar-refractivity contribution in [2.24, 2.45) is 0 Å². The van der Waals surface area contributed by atoms with Gasteiger partial charge in [0.25, 0.3) is 11.6 Å². The minimum Gasteiger partial charge on any atom is -0.371 e. The number of carbonyl (C=O) groups excluding carboxylic acids is 1. The molecule has 1 unspecified atom stereocenters. The summed E-state index contributed by atoms with van der Waals surface area (Å²) in [6.45, 7) is 4.74. The van der Waals surface area contributed by atoms with Crippen LogP contribution in [0.2, 0.25) is 0 Å². The van der Waals surface area contributed by atoms with Crippen molar-refractivity contribution in [2.45, 2.75) is 19.4 Å². The van der Waals surface area contributed by atoms with Crippen LogP contribution < -0.4 is 10.6 Å². The first-order valence-corrected chi connectivity index (χ1v) is 9.02. The summed E-state index contributed by atoms with van der Waals surface area (Å²) in [5, 5.41) is 17.9. The molecule has 1 atom stereocenters. The quantitative estimate of drug-likeness (QED) is 0.544. The minimum atomic E-state index is -0.464. The van der Waals surface area contributed by atoms with Crippen molar-refractivity contribution in [2.75, 3.05) is 31.5 Å². The topological polar surface area (TPSA) is 100 Å². The van der Waals surface area contributed by atoms with Crippen molar-refractivity contribution in [1.82, 2.24) is 15.2 Å². The van der Waals surface area contributed by atoms with E-state index in [1.807, 2.05) is 25.1 Å². The summed E-state index contributed by atoms with van der Waals surface area (Å²) in [7, 11) is 0. The number of amides is 1. The van der Waals surface area contributed by atoms with Crippen LogP contribution in [0, 0.1) is 10.1 Å². The van der Waals surface area contributed by atoms with Crippen molar-refractivity contribution >= 4 is 42.1 Å². The molecule has 1 amide bonds. The Balaban J connectivity index is 0.00000210. The van der Waals surface area contributed by atoms with Gasteiger partial charge in [-0.2, -0.15) is 0 Å². The maximum Gasteiger partial charge on any atom is 0.293 e. The average Bonchev–Trinajstić information content (AvgIpc) is 2.97. The first-order chi connectivity index (χ1) is 13.1. The summed E-state index contributed by atoms with van der Waals surface area (Å²) < 4.78 is 0. The van der Waals surface area contributed by atoms with Crippen LogP contribution in [0.1, 0.15) is 35.4 Å². The summed E-state index contributed by atoms with van der Waals surface area (Å²) >= 11 is 0. The predicted molar refractivity (Wildman–Crippen MR) is 117 cm³/mol. The highest BCUT2D eigenvalue weighted by molar-refractivity contribution is 5.95. The number of halogens is 2. The molecule has 158 valence electrons. The number of nitrogens with one attached hydrogen (secondary N) is 2. The third-order valence-electron chi connectivity index (χ3n) is 4.57. The lowest BCUT2D eigenvalue weighted by Gasteiger charge is -2.20. The van der Waals surface area contributed by atoms with Crippen LogP contribution in [0.4, 0.5) is 11.4 Å². The normalized spacial score (nSPS) is 14.6. The van der Waals surface area contributed by atoms with Gasteiger partial charge in [0.1, 0.15) is 5.69 Å². The van der Waals surface area contributed by atoms with Gasteiger partial charge in [-0.15, -0.1) is 24.8 Å². The molecular formula is C19H25Cl2N5O3. The Labute approximate surface area is 182 Å². The van der Waals surface area contributed by atoms with Crippen LogP contribution >= 0.6 is 24.8 Å². The number of nitrogens with zero attached hydrogens (tertiary/aromatic N) is 3. The van der Waals surface area contributed by atoms with Gasteiger partial charge in [0.15, 0.2) is 0 Å². The van der Waals surface area contributed by atoms with E-state index in [9.17, 15) is 14.9 Å². The number of hydrogen-bond acceptors (Lipinski definition) is 6. The molecule has 1 saturated heterocycles. The zero-order valence-corrected chi connectivity index (χ0v) is 17.7. The van der Waals surface area contributed by atoms with Gasteiger partial charge in [-0.1, -0.05) is 6.07 Å². The van der Waals surface area contributed by atoms with Gasteiger partial charge < -0.3 is 15.5 Å². The van der Waals surface area contributed by atoms with E-state index in [2.05, 4.69) is 15.6 Å². The molecule has 10 heteroatoms. The smallest absolute Gasteiger partial charge is 0.293 e. The van der Waals surface area contributed by atoms with Crippen molar-refractivity contribution in [3.63, 3.8) is 0 Å². The number of anilines is 1. The number of carbonyl (C=O) groups is 1. The molecule has 1 aliphatic heterocycles. The lowest BCUT2D eigenvalue weighted by atomic mass is 10.1. The van der Waals surface area contributed by atoms with Crippen LogP contribution in [-0.2, 0) is 0 Å². The monoisotopic (exact) mass is 441 g/mol. The molecule has 2 N–H and O–H groups in total. The van der Waals surface area contributed by atoms with E-state index in [0.717, 1.165) is 25.2 Å². The highest BCUT2D eigenvalue weighted by atomic mass is 35.5. The van der Waals surface area contributed by atoms with Crippen LogP contribution in [0.3, 0.4) is 0 Å². The molecule has 1 aromatic heterocycles. The fourth-order valence-electron chi connectivity index (χ4n) is 3.11. The second-order valence-corrected chi connectivity index (χ2v) is 6.51. The van der Waals surface area contributed by atoms with Gasteiger partial charge in [0.2, 0.25) is 0 Å². The number of hydrogen-bond donors (Lipinski definition) is 2. The number of pyridine rings is 1. The third kappa shape index (κ3) is 6.28. The molecule has 1 aliphatic rings. The fourth-order valence-corrected chi connectivity index (χ4v) is 3.11. The van der Waals surface area contributed by atoms with Gasteiger partial charge >= 0.3 is 0 Å². The SMILES string of the molecule is CC(Nc1ccc(C(=O)N2CCCNCC2)cc1[N+](=O)[O-])c1ccccn1.Cl.Cl. The molecular weight excluding hydrogens is 417 g/mol. The zero-order valence-electron chi connectivity index (χ0n) is 16.0. The molecule has 0 spiro atoms. The lowest BCUT2D eigenvalue weighted by molar-refractivity contribution is -0.384. The van der Waals surface area contributed by atoms with E-state index in [1.165, 1.54) is 6.07 Å². The molecule has 0 aliphatic carbocycles. The molecule has 29 heavy (non-hydrogen) atoms. The molecule has 1 fully saturated rings. The summed E-state index contributed by atoms with van der Waals surface area (Å²) in [5.41, 5.74) is 1.37.